The molecule has 1 heterocycles. The largest absolute Gasteiger partial charge is 0.490 e. The number of nitrogens with zero attached hydrogens (tertiary/aromatic N) is 2. The van der Waals surface area contributed by atoms with Crippen molar-refractivity contribution in [2.75, 3.05) is 39.9 Å². The molecule has 3 N–H and O–H groups in total. The zero-order chi connectivity index (χ0) is 20.4. The maximum absolute atomic E-state index is 11.2. The summed E-state index contributed by atoms with van der Waals surface area (Å²) in [6.07, 6.45) is 3.39. The third-order valence-corrected chi connectivity index (χ3v) is 4.82. The molecule has 1 saturated heterocycles. The minimum Gasteiger partial charge on any atom is -0.490 e. The number of halogens is 1. The summed E-state index contributed by atoms with van der Waals surface area (Å²) in [5.41, 5.74) is 6.54. The highest BCUT2D eigenvalue weighted by Gasteiger charge is 2.23. The topological polar surface area (TPSA) is 89.2 Å². The van der Waals surface area contributed by atoms with Crippen molar-refractivity contribution in [3.63, 3.8) is 0 Å². The summed E-state index contributed by atoms with van der Waals surface area (Å²) in [7, 11) is 1.80. The molecule has 1 amide bonds. The lowest BCUT2D eigenvalue weighted by atomic mass is 9.95. The van der Waals surface area contributed by atoms with Crippen LogP contribution in [0.4, 0.5) is 0 Å². The molecule has 1 aliphatic heterocycles. The van der Waals surface area contributed by atoms with Gasteiger partial charge in [0.05, 0.1) is 13.2 Å². The number of benzene rings is 1. The lowest BCUT2D eigenvalue weighted by Crippen LogP contribution is -2.47. The monoisotopic (exact) mass is 518 g/mol. The first-order chi connectivity index (χ1) is 13.6. The Morgan fingerprint density at radius 2 is 2.00 bits per heavy atom. The number of primary amides is 1. The molecular formula is C21H35IN4O3. The Balaban J connectivity index is 0.00000420. The maximum atomic E-state index is 11.2. The molecule has 0 bridgehead atoms. The predicted molar refractivity (Wildman–Crippen MR) is 127 cm³/mol. The number of likely N-dealkylation sites (tertiary alicyclic amines) is 1. The van der Waals surface area contributed by atoms with Crippen molar-refractivity contribution in [3.05, 3.63) is 23.8 Å². The molecule has 1 aromatic rings. The van der Waals surface area contributed by atoms with Crippen molar-refractivity contribution < 1.29 is 14.3 Å². The molecule has 1 aromatic carbocycles. The standard InChI is InChI=1S/C21H34N4O3.HI/c1-4-27-18-9-8-16(13-19(18)28-5-2)10-11-24-21(23-3)25-12-6-7-17(15-25)14-20(22)26;/h8-9,13,17H,4-7,10-12,14-15H2,1-3H3,(H2,22,26)(H,23,24);1H. The molecule has 164 valence electrons. The molecule has 1 fully saturated rings. The molecule has 0 spiro atoms. The molecule has 0 saturated carbocycles. The highest BCUT2D eigenvalue weighted by Crippen LogP contribution is 2.28. The van der Waals surface area contributed by atoms with E-state index < -0.39 is 0 Å². The van der Waals surface area contributed by atoms with Gasteiger partial charge in [-0.15, -0.1) is 24.0 Å². The number of rotatable bonds is 9. The molecular weight excluding hydrogens is 483 g/mol. The second kappa shape index (κ2) is 13.5. The van der Waals surface area contributed by atoms with Crippen LogP contribution in [-0.2, 0) is 11.2 Å². The Kier molecular flexibility index (Phi) is 11.8. The number of piperidine rings is 1. The second-order valence-electron chi connectivity index (χ2n) is 7.00. The van der Waals surface area contributed by atoms with E-state index in [1.807, 2.05) is 26.0 Å². The SMILES string of the molecule is CCOc1ccc(CCNC(=NC)N2CCCC(CC(N)=O)C2)cc1OCC.I. The second-order valence-corrected chi connectivity index (χ2v) is 7.00. The van der Waals surface area contributed by atoms with E-state index in [2.05, 4.69) is 21.3 Å². The van der Waals surface area contributed by atoms with E-state index in [1.54, 1.807) is 7.05 Å². The summed E-state index contributed by atoms with van der Waals surface area (Å²) in [5, 5.41) is 3.44. The summed E-state index contributed by atoms with van der Waals surface area (Å²) in [6.45, 7) is 7.70. The van der Waals surface area contributed by atoms with Crippen LogP contribution < -0.4 is 20.5 Å². The molecule has 0 aliphatic carbocycles. The quantitative estimate of drug-likeness (QED) is 0.298. The van der Waals surface area contributed by atoms with Crippen LogP contribution in [0.15, 0.2) is 23.2 Å². The Morgan fingerprint density at radius 1 is 1.28 bits per heavy atom. The molecule has 1 aliphatic rings. The van der Waals surface area contributed by atoms with Crippen molar-refractivity contribution >= 4 is 35.8 Å². The van der Waals surface area contributed by atoms with Gasteiger partial charge >= 0.3 is 0 Å². The van der Waals surface area contributed by atoms with E-state index in [9.17, 15) is 4.79 Å². The fourth-order valence-corrected chi connectivity index (χ4v) is 3.61. The average Bonchev–Trinajstić information content (AvgIpc) is 2.67. The highest BCUT2D eigenvalue weighted by atomic mass is 127. The first-order valence-corrected chi connectivity index (χ1v) is 10.2. The van der Waals surface area contributed by atoms with E-state index in [1.165, 1.54) is 5.56 Å². The third-order valence-electron chi connectivity index (χ3n) is 4.82. The van der Waals surface area contributed by atoms with Crippen molar-refractivity contribution in [3.8, 4) is 11.5 Å². The summed E-state index contributed by atoms with van der Waals surface area (Å²) in [4.78, 5) is 17.9. The van der Waals surface area contributed by atoms with Gasteiger partial charge in [-0.1, -0.05) is 6.07 Å². The van der Waals surface area contributed by atoms with Gasteiger partial charge in [0.15, 0.2) is 17.5 Å². The van der Waals surface area contributed by atoms with E-state index in [4.69, 9.17) is 15.2 Å². The smallest absolute Gasteiger partial charge is 0.217 e. The van der Waals surface area contributed by atoms with Crippen LogP contribution in [0.2, 0.25) is 0 Å². The van der Waals surface area contributed by atoms with Gasteiger partial charge in [-0.3, -0.25) is 9.79 Å². The summed E-state index contributed by atoms with van der Waals surface area (Å²) < 4.78 is 11.3. The first kappa shape index (κ1) is 25.3. The lowest BCUT2D eigenvalue weighted by Gasteiger charge is -2.34. The highest BCUT2D eigenvalue weighted by molar-refractivity contribution is 14.0. The Morgan fingerprint density at radius 3 is 2.66 bits per heavy atom. The number of hydrogen-bond donors (Lipinski definition) is 2. The van der Waals surface area contributed by atoms with Crippen molar-refractivity contribution in [1.82, 2.24) is 10.2 Å². The fourth-order valence-electron chi connectivity index (χ4n) is 3.61. The van der Waals surface area contributed by atoms with Gasteiger partial charge in [0.25, 0.3) is 0 Å². The molecule has 7 nitrogen and oxygen atoms in total. The zero-order valence-corrected chi connectivity index (χ0v) is 20.1. The molecule has 29 heavy (non-hydrogen) atoms. The Labute approximate surface area is 191 Å². The van der Waals surface area contributed by atoms with Crippen LogP contribution in [0.5, 0.6) is 11.5 Å². The number of ether oxygens (including phenoxy) is 2. The molecule has 1 unspecified atom stereocenters. The maximum Gasteiger partial charge on any atom is 0.217 e. The molecule has 1 atom stereocenters. The Bertz CT molecular complexity index is 669. The third kappa shape index (κ3) is 8.28. The normalized spacial score (nSPS) is 16.7. The summed E-state index contributed by atoms with van der Waals surface area (Å²) in [6, 6.07) is 6.09. The van der Waals surface area contributed by atoms with Crippen molar-refractivity contribution in [2.24, 2.45) is 16.6 Å². The molecule has 0 radical (unpaired) electrons. The predicted octanol–water partition coefficient (Wildman–Crippen LogP) is 2.81. The summed E-state index contributed by atoms with van der Waals surface area (Å²) >= 11 is 0. The number of nitrogens with one attached hydrogen (secondary N) is 1. The van der Waals surface area contributed by atoms with E-state index in [0.29, 0.717) is 25.6 Å². The average molecular weight is 518 g/mol. The van der Waals surface area contributed by atoms with Gasteiger partial charge in [0, 0.05) is 33.1 Å². The number of guanidine groups is 1. The summed E-state index contributed by atoms with van der Waals surface area (Å²) in [5.74, 6) is 2.53. The van der Waals surface area contributed by atoms with Gasteiger partial charge < -0.3 is 25.4 Å². The van der Waals surface area contributed by atoms with Crippen LogP contribution in [0.3, 0.4) is 0 Å². The van der Waals surface area contributed by atoms with Gasteiger partial charge in [-0.2, -0.15) is 0 Å². The number of carbonyl (C=O) groups is 1. The molecule has 8 heteroatoms. The van der Waals surface area contributed by atoms with E-state index >= 15 is 0 Å². The number of amides is 1. The molecule has 0 aromatic heterocycles. The number of carbonyl (C=O) groups excluding carboxylic acids is 1. The number of hydrogen-bond acceptors (Lipinski definition) is 4. The van der Waals surface area contributed by atoms with Gasteiger partial charge in [-0.25, -0.2) is 0 Å². The molecule has 2 rings (SSSR count). The number of aliphatic imine (C=N–C) groups is 1. The zero-order valence-electron chi connectivity index (χ0n) is 17.8. The van der Waals surface area contributed by atoms with Gasteiger partial charge in [0.2, 0.25) is 5.91 Å². The lowest BCUT2D eigenvalue weighted by molar-refractivity contribution is -0.119. The van der Waals surface area contributed by atoms with Gasteiger partial charge in [-0.05, 0) is 56.7 Å². The van der Waals surface area contributed by atoms with Crippen molar-refractivity contribution in [2.45, 2.75) is 39.5 Å². The fraction of sp³-hybridized carbons (Fsp3) is 0.619. The van der Waals surface area contributed by atoms with E-state index in [0.717, 1.165) is 56.4 Å². The minimum absolute atomic E-state index is 0. The number of nitrogens with two attached hydrogens (primary N) is 1. The van der Waals surface area contributed by atoms with E-state index in [-0.39, 0.29) is 29.9 Å². The van der Waals surface area contributed by atoms with Crippen LogP contribution in [0.1, 0.15) is 38.7 Å². The van der Waals surface area contributed by atoms with Crippen LogP contribution in [-0.4, -0.2) is 56.7 Å². The van der Waals surface area contributed by atoms with Crippen LogP contribution in [0.25, 0.3) is 0 Å². The van der Waals surface area contributed by atoms with Crippen LogP contribution >= 0.6 is 24.0 Å². The van der Waals surface area contributed by atoms with Crippen LogP contribution in [0, 0.1) is 5.92 Å². The van der Waals surface area contributed by atoms with Gasteiger partial charge in [0.1, 0.15) is 0 Å². The Hall–Kier alpha value is -1.71. The van der Waals surface area contributed by atoms with Crippen molar-refractivity contribution in [1.29, 1.82) is 0 Å². The minimum atomic E-state index is -0.226. The first-order valence-electron chi connectivity index (χ1n) is 10.2.